The molecule has 1 heterocycles. The zero-order chi connectivity index (χ0) is 15.6. The number of nitrogens with zero attached hydrogens (tertiary/aromatic N) is 1. The molecular weight excluding hydrogens is 284 g/mol. The largest absolute Gasteiger partial charge is 0.351 e. The van der Waals surface area contributed by atoms with E-state index in [1.54, 1.807) is 16.7 Å². The lowest BCUT2D eigenvalue weighted by Crippen LogP contribution is -2.44. The van der Waals surface area contributed by atoms with Crippen LogP contribution in [0, 0.1) is 5.92 Å². The third kappa shape index (κ3) is 4.00. The van der Waals surface area contributed by atoms with E-state index in [-0.39, 0.29) is 29.7 Å². The molecule has 1 aromatic rings. The van der Waals surface area contributed by atoms with E-state index in [4.69, 9.17) is 0 Å². The second-order valence-corrected chi connectivity index (χ2v) is 7.23. The van der Waals surface area contributed by atoms with E-state index in [1.807, 2.05) is 51.3 Å². The second kappa shape index (κ2) is 6.10. The van der Waals surface area contributed by atoms with E-state index in [1.165, 1.54) is 0 Å². The third-order valence-corrected chi connectivity index (χ3v) is 4.08. The predicted molar refractivity (Wildman–Crippen MR) is 86.6 cm³/mol. The van der Waals surface area contributed by atoms with E-state index in [0.29, 0.717) is 6.54 Å². The minimum absolute atomic E-state index is 0.0160. The van der Waals surface area contributed by atoms with Gasteiger partial charge in [0.25, 0.3) is 0 Å². The van der Waals surface area contributed by atoms with Gasteiger partial charge >= 0.3 is 0 Å². The molecule has 0 aromatic heterocycles. The van der Waals surface area contributed by atoms with Gasteiger partial charge in [0.1, 0.15) is 0 Å². The van der Waals surface area contributed by atoms with Crippen molar-refractivity contribution in [1.29, 1.82) is 0 Å². The van der Waals surface area contributed by atoms with Crippen molar-refractivity contribution in [3.05, 3.63) is 24.3 Å². The predicted octanol–water partition coefficient (Wildman–Crippen LogP) is 2.68. The Morgan fingerprint density at radius 1 is 1.38 bits per heavy atom. The highest BCUT2D eigenvalue weighted by Crippen LogP contribution is 2.28. The molecule has 0 unspecified atom stereocenters. The van der Waals surface area contributed by atoms with Crippen LogP contribution in [0.2, 0.25) is 0 Å². The number of carbonyl (C=O) groups excluding carboxylic acids is 2. The van der Waals surface area contributed by atoms with Crippen molar-refractivity contribution in [3.8, 4) is 0 Å². The lowest BCUT2D eigenvalue weighted by Gasteiger charge is -2.23. The first-order valence-corrected chi connectivity index (χ1v) is 8.29. The molecule has 1 atom stereocenters. The van der Waals surface area contributed by atoms with Crippen molar-refractivity contribution in [2.45, 2.75) is 37.6 Å². The number of anilines is 1. The number of nitrogens with one attached hydrogen (secondary N) is 1. The molecule has 5 heteroatoms. The van der Waals surface area contributed by atoms with Crippen LogP contribution in [0.15, 0.2) is 29.2 Å². The van der Waals surface area contributed by atoms with Gasteiger partial charge in [-0.15, -0.1) is 11.8 Å². The van der Waals surface area contributed by atoms with Crippen LogP contribution in [0.1, 0.15) is 27.2 Å². The van der Waals surface area contributed by atoms with Gasteiger partial charge in [0.15, 0.2) is 0 Å². The molecule has 2 amide bonds. The number of hydrogen-bond acceptors (Lipinski definition) is 3. The lowest BCUT2D eigenvalue weighted by atomic mass is 10.0. The highest BCUT2D eigenvalue weighted by molar-refractivity contribution is 7.98. The first-order valence-electron chi connectivity index (χ1n) is 7.06. The van der Waals surface area contributed by atoms with E-state index in [2.05, 4.69) is 5.32 Å². The van der Waals surface area contributed by atoms with Gasteiger partial charge in [0.2, 0.25) is 11.8 Å². The maximum atomic E-state index is 12.2. The smallest absolute Gasteiger partial charge is 0.227 e. The number of thioether (sulfide) groups is 1. The molecule has 114 valence electrons. The zero-order valence-corrected chi connectivity index (χ0v) is 13.8. The summed E-state index contributed by atoms with van der Waals surface area (Å²) in [6, 6.07) is 7.86. The van der Waals surface area contributed by atoms with E-state index in [0.717, 1.165) is 10.6 Å². The number of benzene rings is 1. The Labute approximate surface area is 130 Å². The van der Waals surface area contributed by atoms with Crippen LogP contribution in [0.25, 0.3) is 0 Å². The summed E-state index contributed by atoms with van der Waals surface area (Å²) in [5.74, 6) is -0.295. The van der Waals surface area contributed by atoms with Crippen molar-refractivity contribution in [2.24, 2.45) is 5.92 Å². The Balaban J connectivity index is 2.10. The van der Waals surface area contributed by atoms with Gasteiger partial charge in [-0.05, 0) is 45.2 Å². The van der Waals surface area contributed by atoms with Gasteiger partial charge in [-0.25, -0.2) is 0 Å². The lowest BCUT2D eigenvalue weighted by molar-refractivity contribution is -0.127. The van der Waals surface area contributed by atoms with Crippen LogP contribution in [0.4, 0.5) is 5.69 Å². The fourth-order valence-electron chi connectivity index (χ4n) is 2.38. The Hall–Kier alpha value is -1.49. The number of hydrogen-bond donors (Lipinski definition) is 1. The van der Waals surface area contributed by atoms with Crippen molar-refractivity contribution in [2.75, 3.05) is 17.7 Å². The van der Waals surface area contributed by atoms with E-state index in [9.17, 15) is 9.59 Å². The van der Waals surface area contributed by atoms with Crippen LogP contribution in [-0.2, 0) is 9.59 Å². The zero-order valence-electron chi connectivity index (χ0n) is 13.0. The second-order valence-electron chi connectivity index (χ2n) is 6.35. The average Bonchev–Trinajstić information content (AvgIpc) is 2.79. The van der Waals surface area contributed by atoms with Gasteiger partial charge in [-0.1, -0.05) is 6.07 Å². The summed E-state index contributed by atoms with van der Waals surface area (Å²) in [4.78, 5) is 27.2. The standard InChI is InChI=1S/C16H22N2O2S/c1-16(2,3)17-15(20)11-8-14(19)18(10-11)12-6-5-7-13(9-12)21-4/h5-7,9,11H,8,10H2,1-4H3,(H,17,20)/t11-/m1/s1. The molecule has 0 bridgehead atoms. The van der Waals surface area contributed by atoms with Gasteiger partial charge in [0.05, 0.1) is 5.92 Å². The number of amides is 2. The normalized spacial score (nSPS) is 19.0. The first-order chi connectivity index (χ1) is 9.80. The summed E-state index contributed by atoms with van der Waals surface area (Å²) in [7, 11) is 0. The van der Waals surface area contributed by atoms with Crippen LogP contribution in [0.5, 0.6) is 0 Å². The third-order valence-electron chi connectivity index (χ3n) is 3.36. The molecule has 2 rings (SSSR count). The van der Waals surface area contributed by atoms with Gasteiger partial charge < -0.3 is 10.2 Å². The molecule has 0 saturated carbocycles. The van der Waals surface area contributed by atoms with E-state index < -0.39 is 0 Å². The maximum Gasteiger partial charge on any atom is 0.227 e. The Bertz CT molecular complexity index is 551. The summed E-state index contributed by atoms with van der Waals surface area (Å²) in [6.07, 6.45) is 2.29. The van der Waals surface area contributed by atoms with Crippen LogP contribution in [-0.4, -0.2) is 30.2 Å². The van der Waals surface area contributed by atoms with Crippen LogP contribution in [0.3, 0.4) is 0 Å². The van der Waals surface area contributed by atoms with Gasteiger partial charge in [-0.3, -0.25) is 9.59 Å². The molecule has 1 aliphatic rings. The monoisotopic (exact) mass is 306 g/mol. The first kappa shape index (κ1) is 15.9. The quantitative estimate of drug-likeness (QED) is 0.874. The SMILES string of the molecule is CSc1cccc(N2C[C@H](C(=O)NC(C)(C)C)CC2=O)c1. The highest BCUT2D eigenvalue weighted by Gasteiger charge is 2.36. The van der Waals surface area contributed by atoms with Crippen molar-refractivity contribution in [3.63, 3.8) is 0 Å². The maximum absolute atomic E-state index is 12.2. The fourth-order valence-corrected chi connectivity index (χ4v) is 2.84. The number of carbonyl (C=O) groups is 2. The molecule has 0 aliphatic carbocycles. The van der Waals surface area contributed by atoms with Crippen molar-refractivity contribution >= 4 is 29.3 Å². The molecule has 1 N–H and O–H groups in total. The summed E-state index contributed by atoms with van der Waals surface area (Å²) < 4.78 is 0. The van der Waals surface area contributed by atoms with Crippen molar-refractivity contribution < 1.29 is 9.59 Å². The molecule has 1 aromatic carbocycles. The summed E-state index contributed by atoms with van der Waals surface area (Å²) in [5.41, 5.74) is 0.602. The van der Waals surface area contributed by atoms with Gasteiger partial charge in [0, 0.05) is 29.1 Å². The summed E-state index contributed by atoms with van der Waals surface area (Å²) in [6.45, 7) is 6.29. The minimum atomic E-state index is -0.272. The molecule has 0 radical (unpaired) electrons. The topological polar surface area (TPSA) is 49.4 Å². The molecule has 1 saturated heterocycles. The van der Waals surface area contributed by atoms with E-state index >= 15 is 0 Å². The molecular formula is C16H22N2O2S. The molecule has 21 heavy (non-hydrogen) atoms. The number of rotatable bonds is 3. The van der Waals surface area contributed by atoms with Gasteiger partial charge in [-0.2, -0.15) is 0 Å². The molecule has 0 spiro atoms. The highest BCUT2D eigenvalue weighted by atomic mass is 32.2. The Kier molecular flexibility index (Phi) is 4.61. The van der Waals surface area contributed by atoms with Crippen molar-refractivity contribution in [1.82, 2.24) is 5.32 Å². The molecule has 4 nitrogen and oxygen atoms in total. The average molecular weight is 306 g/mol. The fraction of sp³-hybridized carbons (Fsp3) is 0.500. The van der Waals surface area contributed by atoms with Crippen LogP contribution >= 0.6 is 11.8 Å². The molecule has 1 aliphatic heterocycles. The van der Waals surface area contributed by atoms with Crippen LogP contribution < -0.4 is 10.2 Å². The Morgan fingerprint density at radius 2 is 2.10 bits per heavy atom. The minimum Gasteiger partial charge on any atom is -0.351 e. The summed E-state index contributed by atoms with van der Waals surface area (Å²) in [5, 5.41) is 2.95. The summed E-state index contributed by atoms with van der Waals surface area (Å²) >= 11 is 1.64. The Morgan fingerprint density at radius 3 is 2.71 bits per heavy atom. The molecule has 1 fully saturated rings.